The van der Waals surface area contributed by atoms with E-state index in [2.05, 4.69) is 17.4 Å². The first-order valence-electron chi connectivity index (χ1n) is 5.86. The molecule has 0 spiro atoms. The highest BCUT2D eigenvalue weighted by atomic mass is 16.3. The fraction of sp³-hybridized carbons (Fsp3) is 0.538. The van der Waals surface area contributed by atoms with Crippen LogP contribution in [0.3, 0.4) is 0 Å². The van der Waals surface area contributed by atoms with Crippen molar-refractivity contribution in [3.05, 3.63) is 35.9 Å². The second-order valence-electron chi connectivity index (χ2n) is 3.95. The first-order chi connectivity index (χ1) is 7.86. The fourth-order valence-electron chi connectivity index (χ4n) is 1.64. The molecular formula is C13H21NO2. The standard InChI is InChI=1S/C13H21NO2/c15-9-5-4-8-14-13(11-16)10-12-6-2-1-3-7-12/h1-3,6-7,13-16H,4-5,8-11H2. The molecule has 3 heteroatoms. The molecule has 1 aromatic carbocycles. The molecule has 0 aliphatic carbocycles. The lowest BCUT2D eigenvalue weighted by Crippen LogP contribution is -2.35. The zero-order valence-corrected chi connectivity index (χ0v) is 9.60. The van der Waals surface area contributed by atoms with Crippen molar-refractivity contribution in [2.75, 3.05) is 19.8 Å². The van der Waals surface area contributed by atoms with Crippen LogP contribution < -0.4 is 5.32 Å². The lowest BCUT2D eigenvalue weighted by atomic mass is 10.1. The molecule has 1 unspecified atom stereocenters. The van der Waals surface area contributed by atoms with Gasteiger partial charge >= 0.3 is 0 Å². The van der Waals surface area contributed by atoms with Gasteiger partial charge in [0.25, 0.3) is 0 Å². The topological polar surface area (TPSA) is 52.5 Å². The molecule has 0 bridgehead atoms. The number of rotatable bonds is 8. The van der Waals surface area contributed by atoms with Crippen LogP contribution in [0.25, 0.3) is 0 Å². The molecule has 90 valence electrons. The SMILES string of the molecule is OCCCCNC(CO)Cc1ccccc1. The molecule has 0 amide bonds. The van der Waals surface area contributed by atoms with Gasteiger partial charge in [-0.3, -0.25) is 0 Å². The summed E-state index contributed by atoms with van der Waals surface area (Å²) in [6.07, 6.45) is 2.61. The first kappa shape index (κ1) is 13.2. The number of unbranched alkanes of at least 4 members (excludes halogenated alkanes) is 1. The predicted molar refractivity (Wildman–Crippen MR) is 65.3 cm³/mol. The highest BCUT2D eigenvalue weighted by Crippen LogP contribution is 2.02. The first-order valence-corrected chi connectivity index (χ1v) is 5.86. The average Bonchev–Trinajstić information content (AvgIpc) is 2.34. The van der Waals surface area contributed by atoms with E-state index in [1.807, 2.05) is 18.2 Å². The molecule has 0 aliphatic heterocycles. The quantitative estimate of drug-likeness (QED) is 0.575. The molecule has 3 nitrogen and oxygen atoms in total. The molecule has 0 fully saturated rings. The number of hydrogen-bond acceptors (Lipinski definition) is 3. The maximum Gasteiger partial charge on any atom is 0.0587 e. The van der Waals surface area contributed by atoms with Crippen molar-refractivity contribution in [2.45, 2.75) is 25.3 Å². The van der Waals surface area contributed by atoms with Crippen molar-refractivity contribution in [2.24, 2.45) is 0 Å². The highest BCUT2D eigenvalue weighted by molar-refractivity contribution is 5.15. The third kappa shape index (κ3) is 5.26. The van der Waals surface area contributed by atoms with Gasteiger partial charge in [-0.05, 0) is 31.4 Å². The number of hydrogen-bond donors (Lipinski definition) is 3. The Morgan fingerprint density at radius 2 is 1.81 bits per heavy atom. The summed E-state index contributed by atoms with van der Waals surface area (Å²) in [6.45, 7) is 1.23. The molecule has 0 radical (unpaired) electrons. The number of aliphatic hydroxyl groups is 2. The summed E-state index contributed by atoms with van der Waals surface area (Å²) in [7, 11) is 0. The zero-order chi connectivity index (χ0) is 11.6. The Labute approximate surface area is 97.1 Å². The van der Waals surface area contributed by atoms with Gasteiger partial charge in [-0.1, -0.05) is 30.3 Å². The number of benzene rings is 1. The highest BCUT2D eigenvalue weighted by Gasteiger charge is 2.06. The Bertz CT molecular complexity index is 264. The van der Waals surface area contributed by atoms with Crippen molar-refractivity contribution >= 4 is 0 Å². The van der Waals surface area contributed by atoms with E-state index in [-0.39, 0.29) is 19.3 Å². The van der Waals surface area contributed by atoms with Gasteiger partial charge < -0.3 is 15.5 Å². The maximum absolute atomic E-state index is 9.23. The van der Waals surface area contributed by atoms with Gasteiger partial charge in [-0.2, -0.15) is 0 Å². The van der Waals surface area contributed by atoms with E-state index in [0.717, 1.165) is 25.8 Å². The van der Waals surface area contributed by atoms with Gasteiger partial charge in [-0.25, -0.2) is 0 Å². The molecule has 16 heavy (non-hydrogen) atoms. The molecule has 1 aromatic rings. The second kappa shape index (κ2) is 8.28. The van der Waals surface area contributed by atoms with E-state index in [1.54, 1.807) is 0 Å². The van der Waals surface area contributed by atoms with Crippen molar-refractivity contribution in [3.8, 4) is 0 Å². The summed E-state index contributed by atoms with van der Waals surface area (Å²) >= 11 is 0. The van der Waals surface area contributed by atoms with Crippen LogP contribution in [0.1, 0.15) is 18.4 Å². The van der Waals surface area contributed by atoms with Crippen LogP contribution in [-0.4, -0.2) is 36.0 Å². The van der Waals surface area contributed by atoms with Crippen LogP contribution >= 0.6 is 0 Å². The Morgan fingerprint density at radius 3 is 2.44 bits per heavy atom. The molecule has 0 aliphatic rings. The van der Waals surface area contributed by atoms with Gasteiger partial charge in [0.05, 0.1) is 6.61 Å². The molecule has 0 heterocycles. The fourth-order valence-corrected chi connectivity index (χ4v) is 1.64. The molecule has 1 atom stereocenters. The van der Waals surface area contributed by atoms with Crippen molar-refractivity contribution in [1.29, 1.82) is 0 Å². The Kier molecular flexibility index (Phi) is 6.81. The molecule has 0 saturated heterocycles. The minimum atomic E-state index is 0.112. The van der Waals surface area contributed by atoms with Gasteiger partial charge in [0, 0.05) is 12.6 Å². The van der Waals surface area contributed by atoms with Crippen molar-refractivity contribution in [3.63, 3.8) is 0 Å². The molecule has 0 saturated carbocycles. The predicted octanol–water partition coefficient (Wildman–Crippen LogP) is 0.952. The van der Waals surface area contributed by atoms with Crippen molar-refractivity contribution < 1.29 is 10.2 Å². The Morgan fingerprint density at radius 1 is 1.06 bits per heavy atom. The summed E-state index contributed by atoms with van der Waals surface area (Å²) in [4.78, 5) is 0. The van der Waals surface area contributed by atoms with Gasteiger partial charge in [0.15, 0.2) is 0 Å². The van der Waals surface area contributed by atoms with Crippen LogP contribution in [0, 0.1) is 0 Å². The molecule has 1 rings (SSSR count). The third-order valence-electron chi connectivity index (χ3n) is 2.56. The lowest BCUT2D eigenvalue weighted by molar-refractivity contribution is 0.238. The molecular weight excluding hydrogens is 202 g/mol. The van der Waals surface area contributed by atoms with Crippen LogP contribution in [0.4, 0.5) is 0 Å². The monoisotopic (exact) mass is 223 g/mol. The van der Waals surface area contributed by atoms with Crippen molar-refractivity contribution in [1.82, 2.24) is 5.32 Å². The Hall–Kier alpha value is -0.900. The summed E-state index contributed by atoms with van der Waals surface area (Å²) in [5.41, 5.74) is 1.23. The normalized spacial score (nSPS) is 12.6. The lowest BCUT2D eigenvalue weighted by Gasteiger charge is -2.16. The average molecular weight is 223 g/mol. The minimum Gasteiger partial charge on any atom is -0.396 e. The van der Waals surface area contributed by atoms with E-state index >= 15 is 0 Å². The van der Waals surface area contributed by atoms with E-state index in [0.29, 0.717) is 0 Å². The third-order valence-corrected chi connectivity index (χ3v) is 2.56. The van der Waals surface area contributed by atoms with Gasteiger partial charge in [0.1, 0.15) is 0 Å². The van der Waals surface area contributed by atoms with Crippen LogP contribution in [0.15, 0.2) is 30.3 Å². The largest absolute Gasteiger partial charge is 0.396 e. The smallest absolute Gasteiger partial charge is 0.0587 e. The summed E-state index contributed by atoms with van der Waals surface area (Å²) < 4.78 is 0. The minimum absolute atomic E-state index is 0.112. The maximum atomic E-state index is 9.23. The number of aliphatic hydroxyl groups excluding tert-OH is 2. The van der Waals surface area contributed by atoms with E-state index in [4.69, 9.17) is 5.11 Å². The summed E-state index contributed by atoms with van der Waals surface area (Å²) in [5.74, 6) is 0. The van der Waals surface area contributed by atoms with Crippen LogP contribution in [0.5, 0.6) is 0 Å². The number of nitrogens with one attached hydrogen (secondary N) is 1. The van der Waals surface area contributed by atoms with Crippen LogP contribution in [0.2, 0.25) is 0 Å². The molecule has 0 aromatic heterocycles. The van der Waals surface area contributed by atoms with Gasteiger partial charge in [-0.15, -0.1) is 0 Å². The van der Waals surface area contributed by atoms with E-state index < -0.39 is 0 Å². The van der Waals surface area contributed by atoms with Crippen LogP contribution in [-0.2, 0) is 6.42 Å². The van der Waals surface area contributed by atoms with E-state index in [1.165, 1.54) is 5.56 Å². The van der Waals surface area contributed by atoms with E-state index in [9.17, 15) is 5.11 Å². The molecule has 3 N–H and O–H groups in total. The zero-order valence-electron chi connectivity index (χ0n) is 9.60. The second-order valence-corrected chi connectivity index (χ2v) is 3.95. The summed E-state index contributed by atoms with van der Waals surface area (Å²) in [5, 5.41) is 21.2. The van der Waals surface area contributed by atoms with Gasteiger partial charge in [0.2, 0.25) is 0 Å². The Balaban J connectivity index is 2.26. The summed E-state index contributed by atoms with van der Waals surface area (Å²) in [6, 6.07) is 10.3.